The van der Waals surface area contributed by atoms with Gasteiger partial charge in [-0.25, -0.2) is 8.42 Å². The molecule has 9 heteroatoms. The van der Waals surface area contributed by atoms with Crippen LogP contribution in [0.25, 0.3) is 0 Å². The Hall–Kier alpha value is -1.48. The molecule has 0 atom stereocenters. The number of azo groups is 1. The molecule has 0 heterocycles. The Morgan fingerprint density at radius 1 is 1.12 bits per heavy atom. The molecular formula is C16H17BrClN3O3S. The predicted octanol–water partition coefficient (Wildman–Crippen LogP) is 5.25. The Balaban J connectivity index is 2.27. The van der Waals surface area contributed by atoms with E-state index in [0.29, 0.717) is 28.3 Å². The maximum absolute atomic E-state index is 12.4. The molecule has 1 N–H and O–H groups in total. The van der Waals surface area contributed by atoms with Crippen molar-refractivity contribution in [3.8, 4) is 5.75 Å². The Labute approximate surface area is 160 Å². The molecular weight excluding hydrogens is 430 g/mol. The first-order valence-corrected chi connectivity index (χ1v) is 10.1. The lowest BCUT2D eigenvalue weighted by atomic mass is 10.3. The van der Waals surface area contributed by atoms with E-state index in [-0.39, 0.29) is 16.3 Å². The summed E-state index contributed by atoms with van der Waals surface area (Å²) in [5, 5.41) is 18.3. The fourth-order valence-electron chi connectivity index (χ4n) is 2.14. The van der Waals surface area contributed by atoms with Gasteiger partial charge in [-0.2, -0.15) is 9.42 Å². The Bertz CT molecular complexity index is 882. The summed E-state index contributed by atoms with van der Waals surface area (Å²) in [4.78, 5) is 0.198. The Morgan fingerprint density at radius 3 is 2.28 bits per heavy atom. The largest absolute Gasteiger partial charge is 0.505 e. The molecule has 0 aliphatic carbocycles. The molecule has 0 saturated carbocycles. The first-order valence-electron chi connectivity index (χ1n) is 7.49. The molecule has 0 fully saturated rings. The van der Waals surface area contributed by atoms with E-state index in [1.165, 1.54) is 22.5 Å². The van der Waals surface area contributed by atoms with Crippen molar-refractivity contribution in [1.82, 2.24) is 4.31 Å². The predicted molar refractivity (Wildman–Crippen MR) is 102 cm³/mol. The minimum Gasteiger partial charge on any atom is -0.505 e. The number of hydrogen-bond acceptors (Lipinski definition) is 5. The lowest BCUT2D eigenvalue weighted by molar-refractivity contribution is 0.445. The van der Waals surface area contributed by atoms with Gasteiger partial charge >= 0.3 is 0 Å². The van der Waals surface area contributed by atoms with Gasteiger partial charge in [0.1, 0.15) is 5.69 Å². The summed E-state index contributed by atoms with van der Waals surface area (Å²) in [6.07, 6.45) is 0. The second-order valence-electron chi connectivity index (χ2n) is 5.04. The molecule has 0 aliphatic rings. The van der Waals surface area contributed by atoms with Crippen LogP contribution >= 0.6 is 27.5 Å². The summed E-state index contributed by atoms with van der Waals surface area (Å²) in [5.41, 5.74) is 0.660. The topological polar surface area (TPSA) is 82.3 Å². The van der Waals surface area contributed by atoms with E-state index in [2.05, 4.69) is 26.2 Å². The van der Waals surface area contributed by atoms with Crippen LogP contribution in [0, 0.1) is 0 Å². The van der Waals surface area contributed by atoms with Gasteiger partial charge in [-0.15, -0.1) is 5.11 Å². The fraction of sp³-hybridized carbons (Fsp3) is 0.250. The summed E-state index contributed by atoms with van der Waals surface area (Å²) >= 11 is 9.09. The van der Waals surface area contributed by atoms with Gasteiger partial charge in [0.2, 0.25) is 10.0 Å². The summed E-state index contributed by atoms with van der Waals surface area (Å²) in [5.74, 6) is -0.0751. The zero-order valence-electron chi connectivity index (χ0n) is 13.6. The Morgan fingerprint density at radius 2 is 1.72 bits per heavy atom. The van der Waals surface area contributed by atoms with Crippen LogP contribution in [0.2, 0.25) is 5.02 Å². The van der Waals surface area contributed by atoms with Crippen molar-refractivity contribution in [2.75, 3.05) is 13.1 Å². The number of halogens is 2. The highest BCUT2D eigenvalue weighted by atomic mass is 79.9. The summed E-state index contributed by atoms with van der Waals surface area (Å²) < 4.78 is 26.6. The van der Waals surface area contributed by atoms with E-state index < -0.39 is 10.0 Å². The molecule has 0 spiro atoms. The average molecular weight is 447 g/mol. The van der Waals surface area contributed by atoms with Crippen molar-refractivity contribution in [2.45, 2.75) is 18.7 Å². The van der Waals surface area contributed by atoms with Gasteiger partial charge in [0, 0.05) is 18.1 Å². The highest BCUT2D eigenvalue weighted by Crippen LogP contribution is 2.38. The van der Waals surface area contributed by atoms with Crippen molar-refractivity contribution in [2.24, 2.45) is 10.2 Å². The molecule has 0 amide bonds. The number of nitrogens with zero attached hydrogens (tertiary/aromatic N) is 3. The number of phenolic OH excluding ortho intramolecular Hbond substituents is 1. The number of sulfonamides is 1. The molecule has 0 unspecified atom stereocenters. The zero-order valence-corrected chi connectivity index (χ0v) is 16.8. The lowest BCUT2D eigenvalue weighted by Crippen LogP contribution is -2.30. The zero-order chi connectivity index (χ0) is 18.6. The van der Waals surface area contributed by atoms with Gasteiger partial charge in [0.05, 0.1) is 15.1 Å². The van der Waals surface area contributed by atoms with Crippen molar-refractivity contribution < 1.29 is 13.5 Å². The van der Waals surface area contributed by atoms with Crippen LogP contribution in [0.15, 0.2) is 56.0 Å². The fourth-order valence-corrected chi connectivity index (χ4v) is 4.39. The second kappa shape index (κ2) is 8.27. The van der Waals surface area contributed by atoms with Gasteiger partial charge in [-0.1, -0.05) is 25.4 Å². The average Bonchev–Trinajstić information content (AvgIpc) is 2.58. The first-order chi connectivity index (χ1) is 11.8. The van der Waals surface area contributed by atoms with E-state index in [4.69, 9.17) is 11.6 Å². The molecule has 2 rings (SSSR count). The number of aromatic hydroxyl groups is 1. The van der Waals surface area contributed by atoms with Gasteiger partial charge in [0.25, 0.3) is 0 Å². The van der Waals surface area contributed by atoms with Crippen molar-refractivity contribution in [3.63, 3.8) is 0 Å². The van der Waals surface area contributed by atoms with Crippen LogP contribution in [-0.2, 0) is 10.0 Å². The maximum Gasteiger partial charge on any atom is 0.243 e. The molecule has 0 radical (unpaired) electrons. The summed E-state index contributed by atoms with van der Waals surface area (Å²) in [6, 6.07) is 9.09. The summed E-state index contributed by atoms with van der Waals surface area (Å²) in [6.45, 7) is 4.39. The summed E-state index contributed by atoms with van der Waals surface area (Å²) in [7, 11) is -3.51. The van der Waals surface area contributed by atoms with E-state index in [9.17, 15) is 13.5 Å². The van der Waals surface area contributed by atoms with E-state index in [1.807, 2.05) is 0 Å². The number of benzene rings is 2. The van der Waals surface area contributed by atoms with Gasteiger partial charge < -0.3 is 5.11 Å². The van der Waals surface area contributed by atoms with Crippen LogP contribution in [0.4, 0.5) is 11.4 Å². The van der Waals surface area contributed by atoms with Crippen LogP contribution in [-0.4, -0.2) is 30.9 Å². The van der Waals surface area contributed by atoms with Crippen molar-refractivity contribution >= 4 is 48.9 Å². The molecule has 2 aromatic rings. The number of rotatable bonds is 6. The van der Waals surface area contributed by atoms with Gasteiger partial charge in [-0.3, -0.25) is 0 Å². The molecule has 2 aromatic carbocycles. The molecule has 0 saturated heterocycles. The molecule has 6 nitrogen and oxygen atoms in total. The van der Waals surface area contributed by atoms with E-state index in [1.54, 1.807) is 32.0 Å². The Kier molecular flexibility index (Phi) is 6.56. The van der Waals surface area contributed by atoms with Crippen LogP contribution in [0.1, 0.15) is 13.8 Å². The van der Waals surface area contributed by atoms with Gasteiger partial charge in [0.15, 0.2) is 5.75 Å². The van der Waals surface area contributed by atoms with Crippen LogP contribution in [0.3, 0.4) is 0 Å². The normalized spacial score (nSPS) is 12.2. The number of phenols is 1. The minimum absolute atomic E-state index is 0.0751. The standard InChI is InChI=1S/C16H17BrClN3O3S/c1-3-21(4-2)25(23,24)13-7-5-12(6-8-13)19-20-15-10-11(18)9-14(17)16(15)22/h5-10,22H,3-4H2,1-2H3. The third-order valence-corrected chi connectivity index (χ3v) is 6.35. The highest BCUT2D eigenvalue weighted by molar-refractivity contribution is 9.10. The second-order valence-corrected chi connectivity index (χ2v) is 8.27. The van der Waals surface area contributed by atoms with Gasteiger partial charge in [-0.05, 0) is 52.3 Å². The first kappa shape index (κ1) is 19.8. The van der Waals surface area contributed by atoms with Crippen LogP contribution < -0.4 is 0 Å². The minimum atomic E-state index is -3.51. The maximum atomic E-state index is 12.4. The molecule has 134 valence electrons. The molecule has 0 aliphatic heterocycles. The van der Waals surface area contributed by atoms with Crippen molar-refractivity contribution in [3.05, 3.63) is 45.9 Å². The third-order valence-electron chi connectivity index (χ3n) is 3.46. The third kappa shape index (κ3) is 4.58. The highest BCUT2D eigenvalue weighted by Gasteiger charge is 2.21. The van der Waals surface area contributed by atoms with E-state index >= 15 is 0 Å². The van der Waals surface area contributed by atoms with Crippen LogP contribution in [0.5, 0.6) is 5.75 Å². The molecule has 0 bridgehead atoms. The van der Waals surface area contributed by atoms with E-state index in [0.717, 1.165) is 0 Å². The number of hydrogen-bond donors (Lipinski definition) is 1. The SMILES string of the molecule is CCN(CC)S(=O)(=O)c1ccc(N=Nc2cc(Cl)cc(Br)c2O)cc1. The van der Waals surface area contributed by atoms with Crippen molar-refractivity contribution in [1.29, 1.82) is 0 Å². The quantitative estimate of drug-likeness (QED) is 0.615. The smallest absolute Gasteiger partial charge is 0.243 e. The monoisotopic (exact) mass is 445 g/mol. The lowest BCUT2D eigenvalue weighted by Gasteiger charge is -2.18. The molecule has 0 aromatic heterocycles. The molecule has 25 heavy (non-hydrogen) atoms.